The summed E-state index contributed by atoms with van der Waals surface area (Å²) >= 11 is 0. The second-order valence-electron chi connectivity index (χ2n) is 4.43. The number of nitrogen functional groups attached to an aromatic ring is 1. The summed E-state index contributed by atoms with van der Waals surface area (Å²) in [6.07, 6.45) is 1.20. The van der Waals surface area contributed by atoms with Gasteiger partial charge in [-0.2, -0.15) is 0 Å². The van der Waals surface area contributed by atoms with Crippen molar-refractivity contribution in [3.63, 3.8) is 0 Å². The van der Waals surface area contributed by atoms with E-state index < -0.39 is 6.10 Å². The highest BCUT2D eigenvalue weighted by Crippen LogP contribution is 2.18. The molecule has 1 aromatic rings. The maximum absolute atomic E-state index is 12.3. The summed E-state index contributed by atoms with van der Waals surface area (Å²) in [5.74, 6) is 0.295. The van der Waals surface area contributed by atoms with Crippen LogP contribution in [-0.2, 0) is 4.74 Å². The molecule has 94 valence electrons. The normalized spacial score (nSPS) is 12.8. The average Bonchev–Trinajstić information content (AvgIpc) is 2.28. The van der Waals surface area contributed by atoms with Crippen molar-refractivity contribution in [1.82, 2.24) is 4.98 Å². The van der Waals surface area contributed by atoms with Crippen LogP contribution in [0.1, 0.15) is 36.7 Å². The number of carbonyl (C=O) groups is 1. The third kappa shape index (κ3) is 3.27. The van der Waals surface area contributed by atoms with Crippen molar-refractivity contribution in [1.29, 1.82) is 0 Å². The largest absolute Gasteiger partial charge is 0.383 e. The van der Waals surface area contributed by atoms with Crippen molar-refractivity contribution in [3.8, 4) is 0 Å². The molecule has 1 rings (SSSR count). The molecule has 0 saturated carbocycles. The standard InChI is InChI=1S/C13H20N2O2/c1-5-17-12(8(2)3)11(16)10-6-9(4)7-15-13(10)14/h6-8,12H,5H2,1-4H3,(H2,14,15). The third-order valence-electron chi connectivity index (χ3n) is 2.53. The van der Waals surface area contributed by atoms with Gasteiger partial charge in [-0.05, 0) is 31.4 Å². The fourth-order valence-electron chi connectivity index (χ4n) is 1.68. The predicted molar refractivity (Wildman–Crippen MR) is 68.0 cm³/mol. The number of Topliss-reactive ketones (excluding diaryl/α,β-unsaturated/α-hetero) is 1. The Balaban J connectivity index is 3.04. The molecule has 4 nitrogen and oxygen atoms in total. The van der Waals surface area contributed by atoms with E-state index in [0.717, 1.165) is 5.56 Å². The number of aromatic nitrogens is 1. The number of carbonyl (C=O) groups excluding carboxylic acids is 1. The lowest BCUT2D eigenvalue weighted by molar-refractivity contribution is 0.0280. The van der Waals surface area contributed by atoms with Gasteiger partial charge in [0.05, 0.1) is 5.56 Å². The molecule has 1 atom stereocenters. The molecule has 0 saturated heterocycles. The Morgan fingerprint density at radius 2 is 2.18 bits per heavy atom. The number of pyridine rings is 1. The number of nitrogens with two attached hydrogens (primary N) is 1. The number of rotatable bonds is 5. The van der Waals surface area contributed by atoms with Crippen LogP contribution in [0, 0.1) is 12.8 Å². The van der Waals surface area contributed by atoms with Crippen LogP contribution in [0.4, 0.5) is 5.82 Å². The van der Waals surface area contributed by atoms with Gasteiger partial charge in [0.25, 0.3) is 0 Å². The third-order valence-corrected chi connectivity index (χ3v) is 2.53. The van der Waals surface area contributed by atoms with Gasteiger partial charge < -0.3 is 10.5 Å². The van der Waals surface area contributed by atoms with Crippen molar-refractivity contribution in [2.45, 2.75) is 33.8 Å². The number of nitrogens with zero attached hydrogens (tertiary/aromatic N) is 1. The Bertz CT molecular complexity index is 402. The summed E-state index contributed by atoms with van der Waals surface area (Å²) in [6, 6.07) is 1.76. The molecule has 2 N–H and O–H groups in total. The fraction of sp³-hybridized carbons (Fsp3) is 0.538. The molecule has 0 fully saturated rings. The zero-order valence-electron chi connectivity index (χ0n) is 10.9. The second-order valence-corrected chi connectivity index (χ2v) is 4.43. The predicted octanol–water partition coefficient (Wildman–Crippen LogP) is 2.22. The number of hydrogen-bond acceptors (Lipinski definition) is 4. The molecule has 0 amide bonds. The van der Waals surface area contributed by atoms with Gasteiger partial charge in [-0.1, -0.05) is 13.8 Å². The second kappa shape index (κ2) is 5.77. The molecular formula is C13H20N2O2. The van der Waals surface area contributed by atoms with Crippen LogP contribution in [-0.4, -0.2) is 23.5 Å². The van der Waals surface area contributed by atoms with Crippen LogP contribution in [0.15, 0.2) is 12.3 Å². The highest BCUT2D eigenvalue weighted by atomic mass is 16.5. The summed E-state index contributed by atoms with van der Waals surface area (Å²) in [4.78, 5) is 16.3. The molecule has 0 radical (unpaired) electrons. The maximum atomic E-state index is 12.3. The van der Waals surface area contributed by atoms with Gasteiger partial charge in [0.2, 0.25) is 0 Å². The van der Waals surface area contributed by atoms with Gasteiger partial charge in [0, 0.05) is 12.8 Å². The van der Waals surface area contributed by atoms with Gasteiger partial charge in [-0.15, -0.1) is 0 Å². The maximum Gasteiger partial charge on any atom is 0.195 e. The number of anilines is 1. The Kier molecular flexibility index (Phi) is 4.63. The van der Waals surface area contributed by atoms with E-state index in [4.69, 9.17) is 10.5 Å². The lowest BCUT2D eigenvalue weighted by Crippen LogP contribution is -2.30. The quantitative estimate of drug-likeness (QED) is 0.796. The Morgan fingerprint density at radius 1 is 1.53 bits per heavy atom. The Hall–Kier alpha value is -1.42. The zero-order chi connectivity index (χ0) is 13.0. The average molecular weight is 236 g/mol. The van der Waals surface area contributed by atoms with Gasteiger partial charge in [-0.3, -0.25) is 4.79 Å². The minimum Gasteiger partial charge on any atom is -0.383 e. The highest BCUT2D eigenvalue weighted by molar-refractivity contribution is 6.03. The zero-order valence-corrected chi connectivity index (χ0v) is 10.9. The van der Waals surface area contributed by atoms with Crippen molar-refractivity contribution >= 4 is 11.6 Å². The lowest BCUT2D eigenvalue weighted by Gasteiger charge is -2.20. The summed E-state index contributed by atoms with van der Waals surface area (Å²) in [6.45, 7) is 8.18. The molecule has 1 heterocycles. The fourth-order valence-corrected chi connectivity index (χ4v) is 1.68. The van der Waals surface area contributed by atoms with E-state index in [1.54, 1.807) is 12.3 Å². The van der Waals surface area contributed by atoms with E-state index in [2.05, 4.69) is 4.98 Å². The minimum atomic E-state index is -0.453. The van der Waals surface area contributed by atoms with Gasteiger partial charge in [-0.25, -0.2) is 4.98 Å². The Morgan fingerprint density at radius 3 is 2.71 bits per heavy atom. The van der Waals surface area contributed by atoms with Crippen LogP contribution >= 0.6 is 0 Å². The molecule has 0 aliphatic heterocycles. The number of ketones is 1. The van der Waals surface area contributed by atoms with Crippen molar-refractivity contribution < 1.29 is 9.53 Å². The van der Waals surface area contributed by atoms with Gasteiger partial charge >= 0.3 is 0 Å². The number of hydrogen-bond donors (Lipinski definition) is 1. The Labute approximate surface area is 102 Å². The molecule has 0 bridgehead atoms. The van der Waals surface area contributed by atoms with Crippen LogP contribution in [0.3, 0.4) is 0 Å². The van der Waals surface area contributed by atoms with E-state index in [0.29, 0.717) is 12.2 Å². The minimum absolute atomic E-state index is 0.0875. The molecule has 1 unspecified atom stereocenters. The van der Waals surface area contributed by atoms with Crippen LogP contribution in [0.25, 0.3) is 0 Å². The molecule has 4 heteroatoms. The highest BCUT2D eigenvalue weighted by Gasteiger charge is 2.25. The first-order chi connectivity index (χ1) is 7.97. The summed E-state index contributed by atoms with van der Waals surface area (Å²) in [7, 11) is 0. The molecule has 17 heavy (non-hydrogen) atoms. The van der Waals surface area contributed by atoms with Crippen molar-refractivity contribution in [3.05, 3.63) is 23.4 Å². The van der Waals surface area contributed by atoms with Crippen LogP contribution in [0.5, 0.6) is 0 Å². The molecule has 0 aliphatic carbocycles. The first-order valence-corrected chi connectivity index (χ1v) is 5.85. The van der Waals surface area contributed by atoms with E-state index in [1.807, 2.05) is 27.7 Å². The van der Waals surface area contributed by atoms with E-state index in [1.165, 1.54) is 0 Å². The van der Waals surface area contributed by atoms with Gasteiger partial charge in [0.1, 0.15) is 11.9 Å². The molecule has 0 aliphatic rings. The smallest absolute Gasteiger partial charge is 0.195 e. The molecule has 1 aromatic heterocycles. The SMILES string of the molecule is CCOC(C(=O)c1cc(C)cnc1N)C(C)C. The molecule has 0 spiro atoms. The molecule has 0 aromatic carbocycles. The first kappa shape index (κ1) is 13.6. The van der Waals surface area contributed by atoms with E-state index >= 15 is 0 Å². The summed E-state index contributed by atoms with van der Waals surface area (Å²) in [5.41, 5.74) is 7.11. The molecular weight excluding hydrogens is 216 g/mol. The summed E-state index contributed by atoms with van der Waals surface area (Å²) < 4.78 is 5.48. The first-order valence-electron chi connectivity index (χ1n) is 5.85. The summed E-state index contributed by atoms with van der Waals surface area (Å²) in [5, 5.41) is 0. The van der Waals surface area contributed by atoms with Crippen LogP contribution < -0.4 is 5.73 Å². The lowest BCUT2D eigenvalue weighted by atomic mass is 9.97. The monoisotopic (exact) mass is 236 g/mol. The van der Waals surface area contributed by atoms with Gasteiger partial charge in [0.15, 0.2) is 5.78 Å². The van der Waals surface area contributed by atoms with Crippen molar-refractivity contribution in [2.24, 2.45) is 5.92 Å². The van der Waals surface area contributed by atoms with E-state index in [-0.39, 0.29) is 17.5 Å². The number of ether oxygens (including phenoxy) is 1. The van der Waals surface area contributed by atoms with Crippen LogP contribution in [0.2, 0.25) is 0 Å². The number of aryl methyl sites for hydroxylation is 1. The van der Waals surface area contributed by atoms with E-state index in [9.17, 15) is 4.79 Å². The van der Waals surface area contributed by atoms with Crippen molar-refractivity contribution in [2.75, 3.05) is 12.3 Å². The topological polar surface area (TPSA) is 65.2 Å².